The lowest BCUT2D eigenvalue weighted by Crippen LogP contribution is -2.16. The largest absolute Gasteiger partial charge is 0.416 e. The highest BCUT2D eigenvalue weighted by molar-refractivity contribution is 7.92. The fraction of sp³-hybridized carbons (Fsp3) is 0.238. The van der Waals surface area contributed by atoms with E-state index in [0.29, 0.717) is 12.0 Å². The predicted octanol–water partition coefficient (Wildman–Crippen LogP) is 5.78. The van der Waals surface area contributed by atoms with Gasteiger partial charge in [-0.25, -0.2) is 8.42 Å². The Morgan fingerprint density at radius 2 is 1.64 bits per heavy atom. The van der Waals surface area contributed by atoms with Crippen molar-refractivity contribution in [3.63, 3.8) is 0 Å². The second-order valence-electron chi connectivity index (χ2n) is 6.45. The molecule has 0 saturated heterocycles. The second kappa shape index (κ2) is 7.47. The quantitative estimate of drug-likeness (QED) is 0.582. The number of anilines is 1. The van der Waals surface area contributed by atoms with E-state index >= 15 is 0 Å². The van der Waals surface area contributed by atoms with Gasteiger partial charge in [0.15, 0.2) is 0 Å². The Morgan fingerprint density at radius 3 is 2.29 bits per heavy atom. The summed E-state index contributed by atoms with van der Waals surface area (Å²) in [6.45, 7) is 3.86. The van der Waals surface area contributed by atoms with Crippen LogP contribution in [0.25, 0.3) is 10.8 Å². The summed E-state index contributed by atoms with van der Waals surface area (Å²) in [4.78, 5) is 0.0841. The van der Waals surface area contributed by atoms with E-state index in [1.54, 1.807) is 6.07 Å². The standard InChI is InChI=1S/C21H20F3NO2S/c1-3-14-7-5-8-15-11-12-19(18(4-2)20(14)15)28(26,27)25-17-10-6-9-16(13-17)21(22,23)24/h5-13,25H,3-4H2,1-2H3. The van der Waals surface area contributed by atoms with Crippen LogP contribution in [0, 0.1) is 0 Å². The van der Waals surface area contributed by atoms with Crippen molar-refractivity contribution < 1.29 is 21.6 Å². The molecule has 0 bridgehead atoms. The van der Waals surface area contributed by atoms with Gasteiger partial charge in [-0.15, -0.1) is 0 Å². The molecule has 0 aromatic heterocycles. The van der Waals surface area contributed by atoms with E-state index in [1.807, 2.05) is 32.0 Å². The van der Waals surface area contributed by atoms with Crippen molar-refractivity contribution >= 4 is 26.5 Å². The van der Waals surface area contributed by atoms with E-state index in [9.17, 15) is 21.6 Å². The first-order valence-corrected chi connectivity index (χ1v) is 10.4. The molecule has 1 N–H and O–H groups in total. The van der Waals surface area contributed by atoms with Gasteiger partial charge in [0.2, 0.25) is 0 Å². The van der Waals surface area contributed by atoms with E-state index in [4.69, 9.17) is 0 Å². The number of hydrogen-bond acceptors (Lipinski definition) is 2. The zero-order valence-electron chi connectivity index (χ0n) is 15.5. The lowest BCUT2D eigenvalue weighted by atomic mass is 9.96. The molecule has 3 aromatic carbocycles. The highest BCUT2D eigenvalue weighted by Crippen LogP contribution is 2.33. The maximum atomic E-state index is 13.0. The summed E-state index contributed by atoms with van der Waals surface area (Å²) in [5.41, 5.74) is 0.663. The highest BCUT2D eigenvalue weighted by Gasteiger charge is 2.31. The topological polar surface area (TPSA) is 46.2 Å². The first-order valence-electron chi connectivity index (χ1n) is 8.91. The van der Waals surface area contributed by atoms with Crippen LogP contribution in [0.3, 0.4) is 0 Å². The maximum Gasteiger partial charge on any atom is 0.416 e. The molecule has 3 aromatic rings. The molecule has 7 heteroatoms. The third kappa shape index (κ3) is 3.85. The normalized spacial score (nSPS) is 12.3. The van der Waals surface area contributed by atoms with Crippen LogP contribution in [0.4, 0.5) is 18.9 Å². The summed E-state index contributed by atoms with van der Waals surface area (Å²) in [6.07, 6.45) is -3.32. The summed E-state index contributed by atoms with van der Waals surface area (Å²) in [5.74, 6) is 0. The molecule has 0 radical (unpaired) electrons. The Bertz CT molecular complexity index is 1120. The van der Waals surface area contributed by atoms with Crippen molar-refractivity contribution in [3.8, 4) is 0 Å². The molecule has 0 heterocycles. The van der Waals surface area contributed by atoms with Gasteiger partial charge in [-0.3, -0.25) is 4.72 Å². The van der Waals surface area contributed by atoms with Crippen LogP contribution in [0.2, 0.25) is 0 Å². The van der Waals surface area contributed by atoms with Crippen LogP contribution < -0.4 is 4.72 Å². The van der Waals surface area contributed by atoms with Gasteiger partial charge < -0.3 is 0 Å². The van der Waals surface area contributed by atoms with Gasteiger partial charge in [-0.2, -0.15) is 13.2 Å². The zero-order chi connectivity index (χ0) is 20.5. The van der Waals surface area contributed by atoms with Crippen molar-refractivity contribution in [3.05, 3.63) is 71.3 Å². The van der Waals surface area contributed by atoms with E-state index in [1.165, 1.54) is 18.2 Å². The molecule has 0 aliphatic rings. The van der Waals surface area contributed by atoms with Crippen LogP contribution in [0.15, 0.2) is 59.5 Å². The number of fused-ring (bicyclic) bond motifs is 1. The molecule has 0 unspecified atom stereocenters. The van der Waals surface area contributed by atoms with Crippen LogP contribution in [0.5, 0.6) is 0 Å². The number of halogens is 3. The SMILES string of the molecule is CCc1cccc2ccc(S(=O)(=O)Nc3cccc(C(F)(F)F)c3)c(CC)c12. The molecular formula is C21H20F3NO2S. The molecule has 3 nitrogen and oxygen atoms in total. The van der Waals surface area contributed by atoms with Crippen molar-refractivity contribution in [2.45, 2.75) is 37.8 Å². The minimum atomic E-state index is -4.55. The minimum absolute atomic E-state index is 0.0841. The molecule has 148 valence electrons. The van der Waals surface area contributed by atoms with Gasteiger partial charge in [-0.1, -0.05) is 44.2 Å². The molecule has 28 heavy (non-hydrogen) atoms. The molecule has 3 rings (SSSR count). The van der Waals surface area contributed by atoms with Gasteiger partial charge in [-0.05, 0) is 59.0 Å². The van der Waals surface area contributed by atoms with Gasteiger partial charge in [0.25, 0.3) is 10.0 Å². The number of sulfonamides is 1. The fourth-order valence-electron chi connectivity index (χ4n) is 3.38. The fourth-order valence-corrected chi connectivity index (χ4v) is 4.75. The highest BCUT2D eigenvalue weighted by atomic mass is 32.2. The first-order chi connectivity index (χ1) is 13.2. The third-order valence-electron chi connectivity index (χ3n) is 4.66. The molecule has 0 aliphatic carbocycles. The number of aryl methyl sites for hydroxylation is 2. The molecule has 0 amide bonds. The van der Waals surface area contributed by atoms with Crippen molar-refractivity contribution in [1.29, 1.82) is 0 Å². The van der Waals surface area contributed by atoms with Gasteiger partial charge >= 0.3 is 6.18 Å². The Morgan fingerprint density at radius 1 is 0.929 bits per heavy atom. The van der Waals surface area contributed by atoms with E-state index in [0.717, 1.165) is 34.9 Å². The number of hydrogen-bond donors (Lipinski definition) is 1. The predicted molar refractivity (Wildman–Crippen MR) is 105 cm³/mol. The molecule has 0 aliphatic heterocycles. The zero-order valence-corrected chi connectivity index (χ0v) is 16.3. The van der Waals surface area contributed by atoms with E-state index < -0.39 is 21.8 Å². The summed E-state index contributed by atoms with van der Waals surface area (Å²) < 4.78 is 67.1. The van der Waals surface area contributed by atoms with E-state index in [-0.39, 0.29) is 10.6 Å². The average molecular weight is 407 g/mol. The van der Waals surface area contributed by atoms with Gasteiger partial charge in [0.1, 0.15) is 0 Å². The van der Waals surface area contributed by atoms with Crippen LogP contribution in [-0.4, -0.2) is 8.42 Å². The van der Waals surface area contributed by atoms with E-state index in [2.05, 4.69) is 4.72 Å². The monoisotopic (exact) mass is 407 g/mol. The lowest BCUT2D eigenvalue weighted by Gasteiger charge is -2.16. The average Bonchev–Trinajstić information content (AvgIpc) is 2.65. The number of benzene rings is 3. The molecule has 0 atom stereocenters. The molecular weight excluding hydrogens is 387 g/mol. The Kier molecular flexibility index (Phi) is 5.39. The summed E-state index contributed by atoms with van der Waals surface area (Å²) >= 11 is 0. The summed E-state index contributed by atoms with van der Waals surface area (Å²) in [7, 11) is -4.05. The van der Waals surface area contributed by atoms with Crippen molar-refractivity contribution in [2.24, 2.45) is 0 Å². The Hall–Kier alpha value is -2.54. The molecule has 0 fully saturated rings. The molecule has 0 spiro atoms. The second-order valence-corrected chi connectivity index (χ2v) is 8.10. The Labute approximate surface area is 162 Å². The Balaban J connectivity index is 2.11. The minimum Gasteiger partial charge on any atom is -0.280 e. The third-order valence-corrected chi connectivity index (χ3v) is 6.13. The number of alkyl halides is 3. The maximum absolute atomic E-state index is 13.0. The first kappa shape index (κ1) is 20.2. The lowest BCUT2D eigenvalue weighted by molar-refractivity contribution is -0.137. The molecule has 0 saturated carbocycles. The summed E-state index contributed by atoms with van der Waals surface area (Å²) in [5, 5.41) is 1.83. The number of nitrogens with one attached hydrogen (secondary N) is 1. The smallest absolute Gasteiger partial charge is 0.280 e. The van der Waals surface area contributed by atoms with Crippen LogP contribution in [0.1, 0.15) is 30.5 Å². The van der Waals surface area contributed by atoms with Crippen molar-refractivity contribution in [2.75, 3.05) is 4.72 Å². The van der Waals surface area contributed by atoms with Crippen molar-refractivity contribution in [1.82, 2.24) is 0 Å². The number of rotatable bonds is 5. The van der Waals surface area contributed by atoms with Gasteiger partial charge in [0, 0.05) is 5.69 Å². The van der Waals surface area contributed by atoms with Crippen LogP contribution >= 0.6 is 0 Å². The van der Waals surface area contributed by atoms with Crippen LogP contribution in [-0.2, 0) is 29.0 Å². The van der Waals surface area contributed by atoms with Gasteiger partial charge in [0.05, 0.1) is 10.5 Å². The summed E-state index contributed by atoms with van der Waals surface area (Å²) in [6, 6.07) is 13.2.